The van der Waals surface area contributed by atoms with Crippen LogP contribution < -0.4 is 11.1 Å². The number of nitrogens with two attached hydrogens (primary N) is 1. The first-order valence-corrected chi connectivity index (χ1v) is 5.91. The van der Waals surface area contributed by atoms with E-state index in [9.17, 15) is 9.18 Å². The van der Waals surface area contributed by atoms with Crippen LogP contribution in [-0.2, 0) is 0 Å². The van der Waals surface area contributed by atoms with Gasteiger partial charge in [-0.1, -0.05) is 6.07 Å². The Morgan fingerprint density at radius 2 is 1.74 bits per heavy atom. The molecule has 0 unspecified atom stereocenters. The molecule has 2 aromatic carbocycles. The van der Waals surface area contributed by atoms with Crippen molar-refractivity contribution >= 4 is 17.3 Å². The number of amides is 1. The summed E-state index contributed by atoms with van der Waals surface area (Å²) in [6, 6.07) is 9.03. The molecule has 4 heteroatoms. The molecule has 1 amide bonds. The highest BCUT2D eigenvalue weighted by Gasteiger charge is 2.11. The van der Waals surface area contributed by atoms with Crippen molar-refractivity contribution in [3.8, 4) is 0 Å². The van der Waals surface area contributed by atoms with Gasteiger partial charge in [0.05, 0.1) is 11.4 Å². The largest absolute Gasteiger partial charge is 0.397 e. The van der Waals surface area contributed by atoms with E-state index in [2.05, 4.69) is 5.32 Å². The Labute approximate surface area is 111 Å². The van der Waals surface area contributed by atoms with Crippen molar-refractivity contribution in [1.82, 2.24) is 0 Å². The van der Waals surface area contributed by atoms with E-state index in [1.165, 1.54) is 24.3 Å². The number of nitrogens with one attached hydrogen (secondary N) is 1. The number of aryl methyl sites for hydroxylation is 1. The summed E-state index contributed by atoms with van der Waals surface area (Å²) in [4.78, 5) is 12.1. The summed E-state index contributed by atoms with van der Waals surface area (Å²) >= 11 is 0. The average molecular weight is 258 g/mol. The molecule has 0 radical (unpaired) electrons. The van der Waals surface area contributed by atoms with E-state index in [0.717, 1.165) is 11.1 Å². The molecular weight excluding hydrogens is 243 g/mol. The zero-order valence-electron chi connectivity index (χ0n) is 10.8. The first-order valence-electron chi connectivity index (χ1n) is 5.91. The van der Waals surface area contributed by atoms with E-state index in [1.807, 2.05) is 19.9 Å². The lowest BCUT2D eigenvalue weighted by molar-refractivity contribution is 0.102. The minimum Gasteiger partial charge on any atom is -0.397 e. The second kappa shape index (κ2) is 5.10. The van der Waals surface area contributed by atoms with Crippen LogP contribution in [0.5, 0.6) is 0 Å². The fraction of sp³-hybridized carbons (Fsp3) is 0.133. The normalized spacial score (nSPS) is 10.3. The minimum atomic E-state index is -0.372. The molecule has 0 aliphatic rings. The van der Waals surface area contributed by atoms with Gasteiger partial charge >= 0.3 is 0 Å². The summed E-state index contributed by atoms with van der Waals surface area (Å²) in [5, 5.41) is 2.77. The van der Waals surface area contributed by atoms with E-state index in [4.69, 9.17) is 5.73 Å². The number of halogens is 1. The second-order valence-corrected chi connectivity index (χ2v) is 4.43. The van der Waals surface area contributed by atoms with Gasteiger partial charge in [0.2, 0.25) is 0 Å². The number of hydrogen-bond donors (Lipinski definition) is 2. The Hall–Kier alpha value is -2.36. The monoisotopic (exact) mass is 258 g/mol. The second-order valence-electron chi connectivity index (χ2n) is 4.43. The van der Waals surface area contributed by atoms with Crippen LogP contribution in [0.4, 0.5) is 15.8 Å². The molecule has 19 heavy (non-hydrogen) atoms. The Balaban J connectivity index is 2.29. The SMILES string of the molecule is Cc1ccc(N)c(NC(=O)c2ccc(F)cc2)c1C. The number of carbonyl (C=O) groups is 1. The van der Waals surface area contributed by atoms with Gasteiger partial charge in [0.1, 0.15) is 5.82 Å². The number of nitrogen functional groups attached to an aromatic ring is 1. The Morgan fingerprint density at radius 3 is 2.37 bits per heavy atom. The molecule has 0 atom stereocenters. The van der Waals surface area contributed by atoms with Crippen molar-refractivity contribution in [2.24, 2.45) is 0 Å². The summed E-state index contributed by atoms with van der Waals surface area (Å²) < 4.78 is 12.8. The fourth-order valence-corrected chi connectivity index (χ4v) is 1.79. The van der Waals surface area contributed by atoms with Crippen LogP contribution in [0.3, 0.4) is 0 Å². The van der Waals surface area contributed by atoms with Crippen LogP contribution in [0.25, 0.3) is 0 Å². The van der Waals surface area contributed by atoms with Crippen molar-refractivity contribution in [2.75, 3.05) is 11.1 Å². The lowest BCUT2D eigenvalue weighted by atomic mass is 10.1. The van der Waals surface area contributed by atoms with Gasteiger partial charge in [0.25, 0.3) is 5.91 Å². The van der Waals surface area contributed by atoms with Crippen molar-refractivity contribution < 1.29 is 9.18 Å². The number of benzene rings is 2. The van der Waals surface area contributed by atoms with Crippen LogP contribution in [0.15, 0.2) is 36.4 Å². The van der Waals surface area contributed by atoms with Gasteiger partial charge in [-0.25, -0.2) is 4.39 Å². The van der Waals surface area contributed by atoms with Crippen molar-refractivity contribution in [3.63, 3.8) is 0 Å². The zero-order chi connectivity index (χ0) is 14.0. The van der Waals surface area contributed by atoms with E-state index in [1.54, 1.807) is 6.07 Å². The number of hydrogen-bond acceptors (Lipinski definition) is 2. The van der Waals surface area contributed by atoms with Gasteiger partial charge in [-0.3, -0.25) is 4.79 Å². The molecular formula is C15H15FN2O. The van der Waals surface area contributed by atoms with Crippen LogP contribution in [0.1, 0.15) is 21.5 Å². The van der Waals surface area contributed by atoms with Crippen molar-refractivity contribution in [2.45, 2.75) is 13.8 Å². The van der Waals surface area contributed by atoms with Crippen LogP contribution in [0, 0.1) is 19.7 Å². The summed E-state index contributed by atoms with van der Waals surface area (Å²) in [6.45, 7) is 3.84. The molecule has 0 aliphatic heterocycles. The topological polar surface area (TPSA) is 55.1 Å². The molecule has 2 rings (SSSR count). The van der Waals surface area contributed by atoms with Crippen molar-refractivity contribution in [3.05, 3.63) is 58.9 Å². The van der Waals surface area contributed by atoms with Crippen LogP contribution >= 0.6 is 0 Å². The van der Waals surface area contributed by atoms with Gasteiger partial charge in [-0.2, -0.15) is 0 Å². The van der Waals surface area contributed by atoms with E-state index >= 15 is 0 Å². The maximum atomic E-state index is 12.8. The molecule has 0 heterocycles. The van der Waals surface area contributed by atoms with Gasteiger partial charge in [0, 0.05) is 5.56 Å². The quantitative estimate of drug-likeness (QED) is 0.812. The first kappa shape index (κ1) is 13.1. The third-order valence-electron chi connectivity index (χ3n) is 3.11. The Morgan fingerprint density at radius 1 is 1.11 bits per heavy atom. The first-order chi connectivity index (χ1) is 8.99. The molecule has 3 N–H and O–H groups in total. The number of rotatable bonds is 2. The molecule has 0 bridgehead atoms. The molecule has 0 aliphatic carbocycles. The molecule has 3 nitrogen and oxygen atoms in total. The van der Waals surface area contributed by atoms with Gasteiger partial charge in [-0.15, -0.1) is 0 Å². The molecule has 0 spiro atoms. The Bertz CT molecular complexity index is 621. The van der Waals surface area contributed by atoms with E-state index in [-0.39, 0.29) is 11.7 Å². The summed E-state index contributed by atoms with van der Waals surface area (Å²) in [5.41, 5.74) is 9.35. The predicted octanol–water partition coefficient (Wildman–Crippen LogP) is 3.28. The highest BCUT2D eigenvalue weighted by molar-refractivity contribution is 6.06. The average Bonchev–Trinajstić information content (AvgIpc) is 2.40. The third kappa shape index (κ3) is 2.73. The maximum Gasteiger partial charge on any atom is 0.255 e. The summed E-state index contributed by atoms with van der Waals surface area (Å²) in [5.74, 6) is -0.678. The lowest BCUT2D eigenvalue weighted by Gasteiger charge is -2.13. The smallest absolute Gasteiger partial charge is 0.255 e. The van der Waals surface area contributed by atoms with Gasteiger partial charge in [0.15, 0.2) is 0 Å². The van der Waals surface area contributed by atoms with E-state index < -0.39 is 0 Å². The molecule has 0 fully saturated rings. The predicted molar refractivity (Wildman–Crippen MR) is 74.7 cm³/mol. The molecule has 0 saturated carbocycles. The highest BCUT2D eigenvalue weighted by Crippen LogP contribution is 2.26. The Kier molecular flexibility index (Phi) is 3.51. The number of anilines is 2. The summed E-state index contributed by atoms with van der Waals surface area (Å²) in [7, 11) is 0. The molecule has 0 aromatic heterocycles. The molecule has 2 aromatic rings. The minimum absolute atomic E-state index is 0.305. The summed E-state index contributed by atoms with van der Waals surface area (Å²) in [6.07, 6.45) is 0. The third-order valence-corrected chi connectivity index (χ3v) is 3.11. The van der Waals surface area contributed by atoms with Gasteiger partial charge < -0.3 is 11.1 Å². The molecule has 0 saturated heterocycles. The standard InChI is InChI=1S/C15H15FN2O/c1-9-3-8-13(17)14(10(9)2)18-15(19)11-4-6-12(16)7-5-11/h3-8H,17H2,1-2H3,(H,18,19). The zero-order valence-corrected chi connectivity index (χ0v) is 10.8. The van der Waals surface area contributed by atoms with Crippen LogP contribution in [-0.4, -0.2) is 5.91 Å². The van der Waals surface area contributed by atoms with E-state index in [0.29, 0.717) is 16.9 Å². The fourth-order valence-electron chi connectivity index (χ4n) is 1.79. The maximum absolute atomic E-state index is 12.8. The highest BCUT2D eigenvalue weighted by atomic mass is 19.1. The van der Waals surface area contributed by atoms with Crippen molar-refractivity contribution in [1.29, 1.82) is 0 Å². The van der Waals surface area contributed by atoms with Crippen LogP contribution in [0.2, 0.25) is 0 Å². The lowest BCUT2D eigenvalue weighted by Crippen LogP contribution is -2.14. The number of carbonyl (C=O) groups excluding carboxylic acids is 1. The van der Waals surface area contributed by atoms with Gasteiger partial charge in [-0.05, 0) is 55.3 Å². The molecule has 98 valence electrons.